The van der Waals surface area contributed by atoms with Crippen molar-refractivity contribution in [2.24, 2.45) is 11.8 Å². The van der Waals surface area contributed by atoms with Gasteiger partial charge in [-0.15, -0.1) is 0 Å². The van der Waals surface area contributed by atoms with Crippen molar-refractivity contribution in [2.45, 2.75) is 39.7 Å². The van der Waals surface area contributed by atoms with Gasteiger partial charge in [-0.05, 0) is 12.8 Å². The average Bonchev–Trinajstić information content (AvgIpc) is 3.06. The third kappa shape index (κ3) is 3.22. The molecule has 0 spiro atoms. The number of methoxy groups -OCH3 is 1. The molecule has 0 aromatic rings. The molecule has 0 saturated heterocycles. The van der Waals surface area contributed by atoms with Gasteiger partial charge in [0.05, 0.1) is 13.0 Å². The van der Waals surface area contributed by atoms with Gasteiger partial charge in [0, 0.05) is 18.5 Å². The number of carbonyl (C=O) groups is 2. The molecule has 1 unspecified atom stereocenters. The van der Waals surface area contributed by atoms with Gasteiger partial charge in [0.1, 0.15) is 0 Å². The molecule has 1 amide bonds. The maximum atomic E-state index is 11.9. The van der Waals surface area contributed by atoms with Crippen molar-refractivity contribution in [3.05, 3.63) is 0 Å². The molecular formula is C12H21NO3. The van der Waals surface area contributed by atoms with Gasteiger partial charge in [0.15, 0.2) is 0 Å². The SMILES string of the molecule is COC(=O)C(C)CN(C(=O)C(C)C)C1CC1. The Labute approximate surface area is 96.9 Å². The molecule has 92 valence electrons. The van der Waals surface area contributed by atoms with Crippen LogP contribution in [0.15, 0.2) is 0 Å². The van der Waals surface area contributed by atoms with Gasteiger partial charge >= 0.3 is 5.97 Å². The van der Waals surface area contributed by atoms with Crippen molar-refractivity contribution in [1.29, 1.82) is 0 Å². The van der Waals surface area contributed by atoms with Crippen LogP contribution in [0.25, 0.3) is 0 Å². The van der Waals surface area contributed by atoms with E-state index in [4.69, 9.17) is 0 Å². The monoisotopic (exact) mass is 227 g/mol. The fraction of sp³-hybridized carbons (Fsp3) is 0.833. The lowest BCUT2D eigenvalue weighted by atomic mass is 10.1. The second-order valence-electron chi connectivity index (χ2n) is 4.80. The second kappa shape index (κ2) is 5.32. The number of hydrogen-bond donors (Lipinski definition) is 0. The highest BCUT2D eigenvalue weighted by molar-refractivity contribution is 5.80. The van der Waals surface area contributed by atoms with E-state index < -0.39 is 0 Å². The molecule has 1 rings (SSSR count). The van der Waals surface area contributed by atoms with Crippen molar-refractivity contribution < 1.29 is 14.3 Å². The summed E-state index contributed by atoms with van der Waals surface area (Å²) in [6.45, 7) is 6.06. The van der Waals surface area contributed by atoms with E-state index in [0.29, 0.717) is 12.6 Å². The first-order valence-electron chi connectivity index (χ1n) is 5.85. The molecule has 0 N–H and O–H groups in total. The Bertz CT molecular complexity index is 271. The Morgan fingerprint density at radius 2 is 1.88 bits per heavy atom. The molecule has 0 radical (unpaired) electrons. The maximum Gasteiger partial charge on any atom is 0.310 e. The number of carbonyl (C=O) groups excluding carboxylic acids is 2. The van der Waals surface area contributed by atoms with Crippen LogP contribution < -0.4 is 0 Å². The Balaban J connectivity index is 2.58. The predicted octanol–water partition coefficient (Wildman–Crippen LogP) is 1.44. The zero-order valence-corrected chi connectivity index (χ0v) is 10.5. The van der Waals surface area contributed by atoms with Crippen LogP contribution in [0.1, 0.15) is 33.6 Å². The summed E-state index contributed by atoms with van der Waals surface area (Å²) >= 11 is 0. The third-order valence-electron chi connectivity index (χ3n) is 2.84. The number of hydrogen-bond acceptors (Lipinski definition) is 3. The van der Waals surface area contributed by atoms with E-state index in [1.807, 2.05) is 18.7 Å². The zero-order chi connectivity index (χ0) is 12.3. The molecule has 1 saturated carbocycles. The smallest absolute Gasteiger partial charge is 0.310 e. The highest BCUT2D eigenvalue weighted by atomic mass is 16.5. The summed E-state index contributed by atoms with van der Waals surface area (Å²) in [6, 6.07) is 0.349. The van der Waals surface area contributed by atoms with E-state index in [2.05, 4.69) is 4.74 Å². The lowest BCUT2D eigenvalue weighted by molar-refractivity contribution is -0.147. The van der Waals surface area contributed by atoms with E-state index in [-0.39, 0.29) is 23.7 Å². The van der Waals surface area contributed by atoms with Crippen molar-refractivity contribution >= 4 is 11.9 Å². The standard InChI is InChI=1S/C12H21NO3/c1-8(2)11(14)13(10-5-6-10)7-9(3)12(15)16-4/h8-10H,5-7H2,1-4H3. The van der Waals surface area contributed by atoms with Crippen molar-refractivity contribution in [2.75, 3.05) is 13.7 Å². The number of esters is 1. The van der Waals surface area contributed by atoms with Gasteiger partial charge in [-0.2, -0.15) is 0 Å². The first kappa shape index (κ1) is 13.0. The van der Waals surface area contributed by atoms with E-state index in [1.165, 1.54) is 7.11 Å². The van der Waals surface area contributed by atoms with Crippen LogP contribution in [0, 0.1) is 11.8 Å². The summed E-state index contributed by atoms with van der Waals surface area (Å²) in [5.74, 6) is -0.362. The van der Waals surface area contributed by atoms with Crippen LogP contribution in [-0.4, -0.2) is 36.5 Å². The Hall–Kier alpha value is -1.06. The Morgan fingerprint density at radius 3 is 2.25 bits per heavy atom. The minimum Gasteiger partial charge on any atom is -0.469 e. The van der Waals surface area contributed by atoms with Crippen LogP contribution in [0.2, 0.25) is 0 Å². The van der Waals surface area contributed by atoms with Gasteiger partial charge in [-0.3, -0.25) is 9.59 Å². The van der Waals surface area contributed by atoms with E-state index in [9.17, 15) is 9.59 Å². The van der Waals surface area contributed by atoms with E-state index in [1.54, 1.807) is 6.92 Å². The fourth-order valence-corrected chi connectivity index (χ4v) is 1.71. The van der Waals surface area contributed by atoms with Gasteiger partial charge < -0.3 is 9.64 Å². The van der Waals surface area contributed by atoms with Crippen molar-refractivity contribution in [3.8, 4) is 0 Å². The molecule has 0 heterocycles. The normalized spacial score (nSPS) is 17.1. The van der Waals surface area contributed by atoms with Gasteiger partial charge in [0.25, 0.3) is 0 Å². The zero-order valence-electron chi connectivity index (χ0n) is 10.5. The minimum absolute atomic E-state index is 0.00885. The topological polar surface area (TPSA) is 46.6 Å². The van der Waals surface area contributed by atoms with E-state index in [0.717, 1.165) is 12.8 Å². The summed E-state index contributed by atoms with van der Waals surface area (Å²) in [4.78, 5) is 25.1. The number of ether oxygens (including phenoxy) is 1. The molecular weight excluding hydrogens is 206 g/mol. The quantitative estimate of drug-likeness (QED) is 0.668. The third-order valence-corrected chi connectivity index (χ3v) is 2.84. The molecule has 0 aliphatic heterocycles. The number of nitrogens with zero attached hydrogens (tertiary/aromatic N) is 1. The minimum atomic E-state index is -0.248. The number of rotatable bonds is 5. The Morgan fingerprint density at radius 1 is 1.31 bits per heavy atom. The largest absolute Gasteiger partial charge is 0.469 e. The summed E-state index contributed by atoms with van der Waals surface area (Å²) in [6.07, 6.45) is 2.12. The first-order chi connectivity index (χ1) is 7.47. The molecule has 4 nitrogen and oxygen atoms in total. The van der Waals surface area contributed by atoms with Crippen LogP contribution in [-0.2, 0) is 14.3 Å². The van der Waals surface area contributed by atoms with E-state index >= 15 is 0 Å². The Kier molecular flexibility index (Phi) is 4.33. The predicted molar refractivity (Wildman–Crippen MR) is 60.8 cm³/mol. The molecule has 1 aliphatic carbocycles. The van der Waals surface area contributed by atoms with Crippen molar-refractivity contribution in [1.82, 2.24) is 4.90 Å². The first-order valence-corrected chi connectivity index (χ1v) is 5.85. The molecule has 1 fully saturated rings. The lowest BCUT2D eigenvalue weighted by Gasteiger charge is -2.26. The van der Waals surface area contributed by atoms with Crippen LogP contribution >= 0.6 is 0 Å². The van der Waals surface area contributed by atoms with Crippen LogP contribution in [0.5, 0.6) is 0 Å². The van der Waals surface area contributed by atoms with Crippen LogP contribution in [0.4, 0.5) is 0 Å². The van der Waals surface area contributed by atoms with Gasteiger partial charge in [-0.1, -0.05) is 20.8 Å². The molecule has 16 heavy (non-hydrogen) atoms. The second-order valence-corrected chi connectivity index (χ2v) is 4.80. The molecule has 1 aliphatic rings. The maximum absolute atomic E-state index is 11.9. The molecule has 1 atom stereocenters. The summed E-state index contributed by atoms with van der Waals surface area (Å²) in [5, 5.41) is 0. The summed E-state index contributed by atoms with van der Waals surface area (Å²) < 4.78 is 4.68. The molecule has 0 bridgehead atoms. The average molecular weight is 227 g/mol. The van der Waals surface area contributed by atoms with Gasteiger partial charge in [0.2, 0.25) is 5.91 Å². The summed E-state index contributed by atoms with van der Waals surface area (Å²) in [5.41, 5.74) is 0. The lowest BCUT2D eigenvalue weighted by Crippen LogP contribution is -2.40. The van der Waals surface area contributed by atoms with Gasteiger partial charge in [-0.25, -0.2) is 0 Å². The fourth-order valence-electron chi connectivity index (χ4n) is 1.71. The highest BCUT2D eigenvalue weighted by Crippen LogP contribution is 2.29. The van der Waals surface area contributed by atoms with Crippen LogP contribution in [0.3, 0.4) is 0 Å². The molecule has 0 aromatic heterocycles. The summed E-state index contributed by atoms with van der Waals surface area (Å²) in [7, 11) is 1.38. The number of amides is 1. The molecule has 0 aromatic carbocycles. The van der Waals surface area contributed by atoms with Crippen molar-refractivity contribution in [3.63, 3.8) is 0 Å². The molecule has 4 heteroatoms. The highest BCUT2D eigenvalue weighted by Gasteiger charge is 2.35.